The molecule has 7 nitrogen and oxygen atoms in total. The van der Waals surface area contributed by atoms with Gasteiger partial charge in [-0.15, -0.1) is 0 Å². The van der Waals surface area contributed by atoms with E-state index in [0.29, 0.717) is 16.7 Å². The predicted octanol–water partition coefficient (Wildman–Crippen LogP) is 3.42. The summed E-state index contributed by atoms with van der Waals surface area (Å²) >= 11 is 0.832. The monoisotopic (exact) mass is 399 g/mol. The topological polar surface area (TPSA) is 93.1 Å². The molecule has 0 aliphatic carbocycles. The van der Waals surface area contributed by atoms with Crippen molar-refractivity contribution in [1.29, 1.82) is 0 Å². The minimum atomic E-state index is -0.489. The van der Waals surface area contributed by atoms with E-state index in [1.807, 2.05) is 0 Å². The van der Waals surface area contributed by atoms with Crippen LogP contribution in [0.1, 0.15) is 21.5 Å². The summed E-state index contributed by atoms with van der Waals surface area (Å²) in [6, 6.07) is 11.2. The molecule has 0 bridgehead atoms. The number of hydrogen-bond donors (Lipinski definition) is 1. The van der Waals surface area contributed by atoms with Gasteiger partial charge in [-0.25, -0.2) is 4.79 Å². The van der Waals surface area contributed by atoms with E-state index in [-0.39, 0.29) is 22.9 Å². The van der Waals surface area contributed by atoms with Crippen LogP contribution in [-0.4, -0.2) is 41.3 Å². The van der Waals surface area contributed by atoms with Gasteiger partial charge in [-0.05, 0) is 53.2 Å². The summed E-state index contributed by atoms with van der Waals surface area (Å²) in [6.07, 6.45) is 1.57. The summed E-state index contributed by atoms with van der Waals surface area (Å²) < 4.78 is 9.74. The lowest BCUT2D eigenvalue weighted by atomic mass is 10.1. The first-order valence-electron chi connectivity index (χ1n) is 8.22. The van der Waals surface area contributed by atoms with Gasteiger partial charge in [-0.1, -0.05) is 18.2 Å². The number of nitrogens with zero attached hydrogens (tertiary/aromatic N) is 1. The van der Waals surface area contributed by atoms with Gasteiger partial charge in [0.25, 0.3) is 11.1 Å². The van der Waals surface area contributed by atoms with Crippen molar-refractivity contribution in [2.24, 2.45) is 0 Å². The van der Waals surface area contributed by atoms with Gasteiger partial charge in [0.15, 0.2) is 11.5 Å². The number of esters is 1. The summed E-state index contributed by atoms with van der Waals surface area (Å²) in [7, 11) is 2.71. The number of benzene rings is 2. The van der Waals surface area contributed by atoms with Gasteiger partial charge in [0.05, 0.1) is 31.2 Å². The van der Waals surface area contributed by atoms with Gasteiger partial charge in [0.2, 0.25) is 0 Å². The molecule has 2 aromatic carbocycles. The highest BCUT2D eigenvalue weighted by Crippen LogP contribution is 2.35. The maximum absolute atomic E-state index is 12.7. The first-order valence-corrected chi connectivity index (χ1v) is 9.04. The Labute approximate surface area is 165 Å². The summed E-state index contributed by atoms with van der Waals surface area (Å²) in [4.78, 5) is 38.0. The lowest BCUT2D eigenvalue weighted by Crippen LogP contribution is -2.27. The Hall–Kier alpha value is -3.26. The number of hydrogen-bond acceptors (Lipinski definition) is 7. The van der Waals surface area contributed by atoms with Crippen molar-refractivity contribution in [2.75, 3.05) is 14.2 Å². The molecule has 0 saturated carbocycles. The molecular formula is C20H17NO6S. The van der Waals surface area contributed by atoms with Gasteiger partial charge in [-0.2, -0.15) is 0 Å². The van der Waals surface area contributed by atoms with E-state index >= 15 is 0 Å². The molecule has 1 aliphatic rings. The average Bonchev–Trinajstić information content (AvgIpc) is 2.96. The highest BCUT2D eigenvalue weighted by Gasteiger charge is 2.35. The number of phenolic OH excluding ortho intramolecular Hbond substituents is 1. The minimum absolute atomic E-state index is 0.0155. The van der Waals surface area contributed by atoms with Crippen LogP contribution in [0.4, 0.5) is 4.79 Å². The van der Waals surface area contributed by atoms with E-state index in [2.05, 4.69) is 4.74 Å². The maximum Gasteiger partial charge on any atom is 0.337 e. The van der Waals surface area contributed by atoms with E-state index < -0.39 is 17.1 Å². The van der Waals surface area contributed by atoms with Gasteiger partial charge < -0.3 is 14.6 Å². The Morgan fingerprint density at radius 3 is 2.68 bits per heavy atom. The van der Waals surface area contributed by atoms with Gasteiger partial charge >= 0.3 is 5.97 Å². The molecule has 1 aliphatic heterocycles. The van der Waals surface area contributed by atoms with Crippen LogP contribution in [0.2, 0.25) is 0 Å². The zero-order valence-electron chi connectivity index (χ0n) is 15.2. The third kappa shape index (κ3) is 4.01. The number of aromatic hydroxyl groups is 1. The smallest absolute Gasteiger partial charge is 0.337 e. The first-order chi connectivity index (χ1) is 13.4. The summed E-state index contributed by atoms with van der Waals surface area (Å²) in [5.74, 6) is -0.659. The number of rotatable bonds is 5. The Kier molecular flexibility index (Phi) is 5.70. The molecule has 8 heteroatoms. The van der Waals surface area contributed by atoms with Crippen molar-refractivity contribution in [1.82, 2.24) is 4.90 Å². The second kappa shape index (κ2) is 8.18. The van der Waals surface area contributed by atoms with Gasteiger partial charge in [0, 0.05) is 0 Å². The molecular weight excluding hydrogens is 382 g/mol. The molecule has 2 aromatic rings. The number of methoxy groups -OCH3 is 2. The van der Waals surface area contributed by atoms with Crippen LogP contribution in [0.5, 0.6) is 11.5 Å². The zero-order valence-corrected chi connectivity index (χ0v) is 16.0. The van der Waals surface area contributed by atoms with Crippen LogP contribution >= 0.6 is 11.8 Å². The van der Waals surface area contributed by atoms with Crippen LogP contribution in [0.3, 0.4) is 0 Å². The lowest BCUT2D eigenvalue weighted by Gasteiger charge is -2.13. The van der Waals surface area contributed by atoms with Crippen molar-refractivity contribution in [3.8, 4) is 11.5 Å². The fourth-order valence-corrected chi connectivity index (χ4v) is 3.51. The molecule has 2 amide bonds. The molecule has 0 spiro atoms. The molecule has 1 N–H and O–H groups in total. The van der Waals surface area contributed by atoms with E-state index in [4.69, 9.17) is 4.74 Å². The average molecular weight is 399 g/mol. The highest BCUT2D eigenvalue weighted by atomic mass is 32.2. The number of imide groups is 1. The fourth-order valence-electron chi connectivity index (χ4n) is 2.67. The van der Waals surface area contributed by atoms with Gasteiger partial charge in [0.1, 0.15) is 0 Å². The van der Waals surface area contributed by atoms with Crippen LogP contribution in [0.15, 0.2) is 47.4 Å². The van der Waals surface area contributed by atoms with E-state index in [1.54, 1.807) is 42.5 Å². The van der Waals surface area contributed by atoms with E-state index in [0.717, 1.165) is 16.7 Å². The fraction of sp³-hybridized carbons (Fsp3) is 0.150. The summed E-state index contributed by atoms with van der Waals surface area (Å²) in [6.45, 7) is 0.0474. The minimum Gasteiger partial charge on any atom is -0.504 e. The van der Waals surface area contributed by atoms with E-state index in [1.165, 1.54) is 20.3 Å². The second-order valence-corrected chi connectivity index (χ2v) is 6.88. The Morgan fingerprint density at radius 1 is 1.18 bits per heavy atom. The number of carbonyl (C=O) groups excluding carboxylic acids is 3. The third-order valence-corrected chi connectivity index (χ3v) is 4.97. The highest BCUT2D eigenvalue weighted by molar-refractivity contribution is 8.18. The molecule has 1 fully saturated rings. The van der Waals surface area contributed by atoms with Crippen LogP contribution in [0.25, 0.3) is 6.08 Å². The molecule has 1 heterocycles. The van der Waals surface area contributed by atoms with E-state index in [9.17, 15) is 19.5 Å². The molecule has 0 atom stereocenters. The molecule has 0 unspecified atom stereocenters. The molecule has 144 valence electrons. The Balaban J connectivity index is 1.81. The predicted molar refractivity (Wildman–Crippen MR) is 104 cm³/mol. The second-order valence-electron chi connectivity index (χ2n) is 5.89. The van der Waals surface area contributed by atoms with Crippen molar-refractivity contribution < 1.29 is 29.0 Å². The molecule has 3 rings (SSSR count). The number of ether oxygens (including phenoxy) is 2. The van der Waals surface area contributed by atoms with Crippen molar-refractivity contribution >= 4 is 35.0 Å². The number of carbonyl (C=O) groups is 3. The number of phenols is 1. The zero-order chi connectivity index (χ0) is 20.3. The SMILES string of the molecule is COC(=O)c1cccc(CN2C(=O)S/C(=C/c3ccc(O)c(OC)c3)C2=O)c1. The molecule has 0 aromatic heterocycles. The summed E-state index contributed by atoms with van der Waals surface area (Å²) in [5, 5.41) is 9.26. The normalized spacial score (nSPS) is 15.2. The maximum atomic E-state index is 12.7. The number of thioether (sulfide) groups is 1. The van der Waals surface area contributed by atoms with Gasteiger partial charge in [-0.3, -0.25) is 14.5 Å². The standard InChI is InChI=1S/C20H17NO6S/c1-26-16-9-12(6-7-15(16)22)10-17-18(23)21(20(25)28-17)11-13-4-3-5-14(8-13)19(24)27-2/h3-10,22H,11H2,1-2H3/b17-10+. The summed E-state index contributed by atoms with van der Waals surface area (Å²) in [5.41, 5.74) is 1.60. The van der Waals surface area contributed by atoms with Crippen molar-refractivity contribution in [3.05, 3.63) is 64.1 Å². The molecule has 0 radical (unpaired) electrons. The van der Waals surface area contributed by atoms with Crippen LogP contribution < -0.4 is 4.74 Å². The third-order valence-electron chi connectivity index (χ3n) is 4.06. The molecule has 1 saturated heterocycles. The number of amides is 2. The molecule has 28 heavy (non-hydrogen) atoms. The Morgan fingerprint density at radius 2 is 1.96 bits per heavy atom. The van der Waals surface area contributed by atoms with Crippen LogP contribution in [0, 0.1) is 0 Å². The Bertz CT molecular complexity index is 984. The van der Waals surface area contributed by atoms with Crippen molar-refractivity contribution in [2.45, 2.75) is 6.54 Å². The largest absolute Gasteiger partial charge is 0.504 e. The quantitative estimate of drug-likeness (QED) is 0.608. The van der Waals surface area contributed by atoms with Crippen molar-refractivity contribution in [3.63, 3.8) is 0 Å². The lowest BCUT2D eigenvalue weighted by molar-refractivity contribution is -0.123. The first kappa shape index (κ1) is 19.5. The van der Waals surface area contributed by atoms with Crippen LogP contribution in [-0.2, 0) is 16.1 Å².